The summed E-state index contributed by atoms with van der Waals surface area (Å²) in [4.78, 5) is 16.7. The molecule has 112 valence electrons. The van der Waals surface area contributed by atoms with Gasteiger partial charge in [-0.05, 0) is 30.4 Å². The van der Waals surface area contributed by atoms with Crippen LogP contribution in [0.4, 0.5) is 5.69 Å². The average Bonchev–Trinajstić information content (AvgIpc) is 2.91. The molecular weight excluding hydrogens is 260 g/mol. The summed E-state index contributed by atoms with van der Waals surface area (Å²) in [5, 5.41) is 0. The number of carbonyl (C=O) groups is 1. The first kappa shape index (κ1) is 14.2. The van der Waals surface area contributed by atoms with Gasteiger partial charge in [-0.15, -0.1) is 0 Å². The Balaban J connectivity index is 1.61. The van der Waals surface area contributed by atoms with Gasteiger partial charge >= 0.3 is 0 Å². The molecule has 0 unspecified atom stereocenters. The first-order chi connectivity index (χ1) is 10.1. The molecule has 1 aromatic carbocycles. The highest BCUT2D eigenvalue weighted by atomic mass is 16.2. The lowest BCUT2D eigenvalue weighted by Gasteiger charge is -2.30. The molecule has 0 atom stereocenters. The summed E-state index contributed by atoms with van der Waals surface area (Å²) in [6.45, 7) is 7.59. The van der Waals surface area contributed by atoms with Crippen molar-refractivity contribution in [2.75, 3.05) is 31.1 Å². The van der Waals surface area contributed by atoms with Gasteiger partial charge in [0.25, 0.3) is 0 Å². The molecule has 3 rings (SSSR count). The van der Waals surface area contributed by atoms with Crippen LogP contribution in [0.1, 0.15) is 25.8 Å². The highest BCUT2D eigenvalue weighted by Gasteiger charge is 2.24. The Morgan fingerprint density at radius 3 is 2.71 bits per heavy atom. The standard InChI is InChI=1S/C18H24N2O/c1-14(2)15-7-10-19(11-8-15)18(21)13-20-12-9-16-5-3-4-6-17(16)20/h3-7,14H,8-13H2,1-2H3. The van der Waals surface area contributed by atoms with Crippen molar-refractivity contribution in [3.05, 3.63) is 41.5 Å². The second kappa shape index (κ2) is 5.92. The molecule has 2 aliphatic rings. The smallest absolute Gasteiger partial charge is 0.242 e. The lowest BCUT2D eigenvalue weighted by molar-refractivity contribution is -0.129. The van der Waals surface area contributed by atoms with Crippen LogP contribution in [0.5, 0.6) is 0 Å². The summed E-state index contributed by atoms with van der Waals surface area (Å²) in [5.74, 6) is 0.860. The van der Waals surface area contributed by atoms with E-state index >= 15 is 0 Å². The van der Waals surface area contributed by atoms with E-state index in [1.807, 2.05) is 4.90 Å². The number of rotatable bonds is 3. The molecule has 0 bridgehead atoms. The van der Waals surface area contributed by atoms with Crippen LogP contribution >= 0.6 is 0 Å². The quantitative estimate of drug-likeness (QED) is 0.797. The minimum absolute atomic E-state index is 0.255. The second-order valence-corrected chi connectivity index (χ2v) is 6.32. The fraction of sp³-hybridized carbons (Fsp3) is 0.500. The normalized spacial score (nSPS) is 18.0. The summed E-state index contributed by atoms with van der Waals surface area (Å²) >= 11 is 0. The van der Waals surface area contributed by atoms with Crippen LogP contribution < -0.4 is 4.90 Å². The number of anilines is 1. The minimum Gasteiger partial charge on any atom is -0.362 e. The number of fused-ring (bicyclic) bond motifs is 1. The van der Waals surface area contributed by atoms with Gasteiger partial charge in [0, 0.05) is 25.3 Å². The van der Waals surface area contributed by atoms with Crippen LogP contribution in [0.25, 0.3) is 0 Å². The molecule has 0 N–H and O–H groups in total. The molecule has 3 nitrogen and oxygen atoms in total. The Kier molecular flexibility index (Phi) is 4.00. The summed E-state index contributed by atoms with van der Waals surface area (Å²) in [5.41, 5.74) is 4.10. The monoisotopic (exact) mass is 284 g/mol. The Labute approximate surface area is 127 Å². The summed E-state index contributed by atoms with van der Waals surface area (Å²) in [7, 11) is 0. The van der Waals surface area contributed by atoms with Crippen LogP contribution in [0.3, 0.4) is 0 Å². The lowest BCUT2D eigenvalue weighted by atomic mass is 9.97. The van der Waals surface area contributed by atoms with E-state index in [0.29, 0.717) is 12.5 Å². The van der Waals surface area contributed by atoms with E-state index in [4.69, 9.17) is 0 Å². The van der Waals surface area contributed by atoms with Crippen molar-refractivity contribution in [1.29, 1.82) is 0 Å². The van der Waals surface area contributed by atoms with Crippen LogP contribution in [-0.4, -0.2) is 37.0 Å². The molecule has 3 heteroatoms. The van der Waals surface area contributed by atoms with Gasteiger partial charge in [-0.1, -0.05) is 43.7 Å². The predicted molar refractivity (Wildman–Crippen MR) is 86.5 cm³/mol. The largest absolute Gasteiger partial charge is 0.362 e. The first-order valence-corrected chi connectivity index (χ1v) is 7.94. The molecule has 21 heavy (non-hydrogen) atoms. The molecule has 0 saturated heterocycles. The molecule has 0 radical (unpaired) electrons. The molecule has 1 amide bonds. The van der Waals surface area contributed by atoms with E-state index in [1.54, 1.807) is 0 Å². The molecule has 0 fully saturated rings. The van der Waals surface area contributed by atoms with Crippen LogP contribution in [0.2, 0.25) is 0 Å². The maximum Gasteiger partial charge on any atom is 0.242 e. The second-order valence-electron chi connectivity index (χ2n) is 6.32. The number of nitrogens with zero attached hydrogens (tertiary/aromatic N) is 2. The number of para-hydroxylation sites is 1. The van der Waals surface area contributed by atoms with Crippen LogP contribution in [-0.2, 0) is 11.2 Å². The lowest BCUT2D eigenvalue weighted by Crippen LogP contribution is -2.42. The van der Waals surface area contributed by atoms with E-state index in [2.05, 4.69) is 49.1 Å². The SMILES string of the molecule is CC(C)C1=CCN(C(=O)CN2CCc3ccccc32)CC1. The summed E-state index contributed by atoms with van der Waals surface area (Å²) in [6.07, 6.45) is 4.32. The molecule has 2 aliphatic heterocycles. The van der Waals surface area contributed by atoms with E-state index in [9.17, 15) is 4.79 Å². The zero-order valence-electron chi connectivity index (χ0n) is 13.0. The Morgan fingerprint density at radius 1 is 1.19 bits per heavy atom. The maximum atomic E-state index is 12.5. The highest BCUT2D eigenvalue weighted by molar-refractivity contribution is 5.82. The average molecular weight is 284 g/mol. The van der Waals surface area contributed by atoms with Crippen molar-refractivity contribution in [1.82, 2.24) is 4.90 Å². The summed E-state index contributed by atoms with van der Waals surface area (Å²) < 4.78 is 0. The van der Waals surface area contributed by atoms with Gasteiger partial charge in [0.1, 0.15) is 0 Å². The number of benzene rings is 1. The van der Waals surface area contributed by atoms with Gasteiger partial charge in [-0.25, -0.2) is 0 Å². The van der Waals surface area contributed by atoms with Crippen LogP contribution in [0, 0.1) is 5.92 Å². The van der Waals surface area contributed by atoms with Gasteiger partial charge in [-0.3, -0.25) is 4.79 Å². The fourth-order valence-electron chi connectivity index (χ4n) is 3.27. The topological polar surface area (TPSA) is 23.6 Å². The van der Waals surface area contributed by atoms with Crippen molar-refractivity contribution in [2.45, 2.75) is 26.7 Å². The summed E-state index contributed by atoms with van der Waals surface area (Å²) in [6, 6.07) is 8.42. The Bertz CT molecular complexity index is 562. The van der Waals surface area contributed by atoms with E-state index in [0.717, 1.165) is 32.5 Å². The molecule has 0 aromatic heterocycles. The van der Waals surface area contributed by atoms with E-state index in [1.165, 1.54) is 16.8 Å². The van der Waals surface area contributed by atoms with Crippen molar-refractivity contribution in [3.8, 4) is 0 Å². The van der Waals surface area contributed by atoms with Gasteiger partial charge in [0.2, 0.25) is 5.91 Å². The zero-order valence-corrected chi connectivity index (χ0v) is 13.0. The van der Waals surface area contributed by atoms with E-state index < -0.39 is 0 Å². The van der Waals surface area contributed by atoms with Gasteiger partial charge in [0.05, 0.1) is 6.54 Å². The third kappa shape index (κ3) is 2.97. The number of hydrogen-bond donors (Lipinski definition) is 0. The van der Waals surface area contributed by atoms with Gasteiger partial charge in [-0.2, -0.15) is 0 Å². The third-order valence-corrected chi connectivity index (χ3v) is 4.65. The van der Waals surface area contributed by atoms with Crippen LogP contribution in [0.15, 0.2) is 35.9 Å². The fourth-order valence-corrected chi connectivity index (χ4v) is 3.27. The van der Waals surface area contributed by atoms with Gasteiger partial charge < -0.3 is 9.80 Å². The molecular formula is C18H24N2O. The van der Waals surface area contributed by atoms with Gasteiger partial charge in [0.15, 0.2) is 0 Å². The molecule has 1 aromatic rings. The highest BCUT2D eigenvalue weighted by Crippen LogP contribution is 2.27. The number of carbonyl (C=O) groups excluding carboxylic acids is 1. The van der Waals surface area contributed by atoms with Crippen molar-refractivity contribution in [3.63, 3.8) is 0 Å². The Morgan fingerprint density at radius 2 is 2.00 bits per heavy atom. The van der Waals surface area contributed by atoms with Crippen molar-refractivity contribution < 1.29 is 4.79 Å². The predicted octanol–water partition coefficient (Wildman–Crippen LogP) is 2.86. The maximum absolute atomic E-state index is 12.5. The van der Waals surface area contributed by atoms with E-state index in [-0.39, 0.29) is 5.91 Å². The molecule has 0 spiro atoms. The molecule has 0 saturated carbocycles. The number of hydrogen-bond acceptors (Lipinski definition) is 2. The first-order valence-electron chi connectivity index (χ1n) is 7.94. The minimum atomic E-state index is 0.255. The van der Waals surface area contributed by atoms with Crippen molar-refractivity contribution in [2.24, 2.45) is 5.92 Å². The molecule has 0 aliphatic carbocycles. The molecule has 2 heterocycles. The zero-order chi connectivity index (χ0) is 14.8. The third-order valence-electron chi connectivity index (χ3n) is 4.65. The number of amides is 1. The van der Waals surface area contributed by atoms with Crippen molar-refractivity contribution >= 4 is 11.6 Å². The Hall–Kier alpha value is -1.77.